The minimum absolute atomic E-state index is 0. The summed E-state index contributed by atoms with van der Waals surface area (Å²) in [7, 11) is 0. The first-order valence-corrected chi connectivity index (χ1v) is 4.88. The number of hydrogen-bond acceptors (Lipinski definition) is 1. The van der Waals surface area contributed by atoms with Crippen molar-refractivity contribution in [2.45, 2.75) is 19.8 Å². The molecule has 0 amide bonds. The van der Waals surface area contributed by atoms with Crippen molar-refractivity contribution in [1.82, 2.24) is 6.15 Å². The first kappa shape index (κ1) is 10.7. The molecule has 2 aromatic carbocycles. The average molecular weight is 187 g/mol. The minimum atomic E-state index is 0. The largest absolute Gasteiger partial charge is 0.344 e. The van der Waals surface area contributed by atoms with Crippen molar-refractivity contribution < 1.29 is 0 Å². The van der Waals surface area contributed by atoms with Crippen molar-refractivity contribution in [2.75, 3.05) is 0 Å². The molecule has 0 aliphatic carbocycles. The van der Waals surface area contributed by atoms with Gasteiger partial charge in [-0.2, -0.15) is 0 Å². The molecule has 0 bridgehead atoms. The van der Waals surface area contributed by atoms with Gasteiger partial charge < -0.3 is 6.15 Å². The van der Waals surface area contributed by atoms with E-state index in [1.165, 1.54) is 29.2 Å². The summed E-state index contributed by atoms with van der Waals surface area (Å²) < 4.78 is 0. The van der Waals surface area contributed by atoms with Gasteiger partial charge >= 0.3 is 0 Å². The number of hydrogen-bond donors (Lipinski definition) is 1. The van der Waals surface area contributed by atoms with Crippen LogP contribution in [0, 0.1) is 0 Å². The summed E-state index contributed by atoms with van der Waals surface area (Å²) in [5.74, 6) is 0. The summed E-state index contributed by atoms with van der Waals surface area (Å²) in [6.45, 7) is 2.22. The molecule has 0 atom stereocenters. The van der Waals surface area contributed by atoms with Crippen molar-refractivity contribution in [3.63, 3.8) is 0 Å². The molecular weight excluding hydrogens is 170 g/mol. The lowest BCUT2D eigenvalue weighted by Crippen LogP contribution is -1.82. The predicted molar refractivity (Wildman–Crippen MR) is 63.0 cm³/mol. The van der Waals surface area contributed by atoms with Crippen LogP contribution in [0.15, 0.2) is 42.5 Å². The van der Waals surface area contributed by atoms with E-state index in [2.05, 4.69) is 49.4 Å². The lowest BCUT2D eigenvalue weighted by atomic mass is 10.0. The fourth-order valence-electron chi connectivity index (χ4n) is 1.68. The zero-order valence-electron chi connectivity index (χ0n) is 8.66. The SMILES string of the molecule is CCCc1ccc2ccccc2c1.N. The Labute approximate surface area is 85.3 Å². The fraction of sp³-hybridized carbons (Fsp3) is 0.231. The van der Waals surface area contributed by atoms with Crippen LogP contribution in [0.3, 0.4) is 0 Å². The van der Waals surface area contributed by atoms with Gasteiger partial charge in [0.2, 0.25) is 0 Å². The average Bonchev–Trinajstić information content (AvgIpc) is 2.18. The maximum Gasteiger partial charge on any atom is -0.0181 e. The van der Waals surface area contributed by atoms with E-state index in [0.717, 1.165) is 0 Å². The summed E-state index contributed by atoms with van der Waals surface area (Å²) in [6, 6.07) is 15.2. The molecule has 0 saturated carbocycles. The summed E-state index contributed by atoms with van der Waals surface area (Å²) in [5.41, 5.74) is 1.45. The van der Waals surface area contributed by atoms with E-state index < -0.39 is 0 Å². The maximum absolute atomic E-state index is 2.29. The van der Waals surface area contributed by atoms with Gasteiger partial charge in [-0.1, -0.05) is 55.8 Å². The molecule has 1 heteroatoms. The standard InChI is InChI=1S/C13H14.H3N/c1-2-5-11-8-9-12-6-3-4-7-13(12)10-11;/h3-4,6-10H,2,5H2,1H3;1H3. The van der Waals surface area contributed by atoms with E-state index in [1.54, 1.807) is 0 Å². The smallest absolute Gasteiger partial charge is 0.0181 e. The predicted octanol–water partition coefficient (Wildman–Crippen LogP) is 3.95. The van der Waals surface area contributed by atoms with Crippen LogP contribution in [0.1, 0.15) is 18.9 Å². The Morgan fingerprint density at radius 3 is 2.36 bits per heavy atom. The first-order valence-electron chi connectivity index (χ1n) is 4.88. The van der Waals surface area contributed by atoms with Crippen LogP contribution in [0.4, 0.5) is 0 Å². The van der Waals surface area contributed by atoms with Crippen LogP contribution in [0.5, 0.6) is 0 Å². The van der Waals surface area contributed by atoms with E-state index in [0.29, 0.717) is 0 Å². The third kappa shape index (κ3) is 2.12. The van der Waals surface area contributed by atoms with Gasteiger partial charge in [-0.05, 0) is 22.8 Å². The fourth-order valence-corrected chi connectivity index (χ4v) is 1.68. The van der Waals surface area contributed by atoms with E-state index >= 15 is 0 Å². The highest BCUT2D eigenvalue weighted by atomic mass is 14.0. The van der Waals surface area contributed by atoms with Crippen LogP contribution < -0.4 is 6.15 Å². The second-order valence-electron chi connectivity index (χ2n) is 3.43. The Kier molecular flexibility index (Phi) is 3.66. The van der Waals surface area contributed by atoms with Gasteiger partial charge in [0.05, 0.1) is 0 Å². The molecule has 0 heterocycles. The van der Waals surface area contributed by atoms with Crippen LogP contribution in [0.25, 0.3) is 10.8 Å². The number of aryl methyl sites for hydroxylation is 1. The Morgan fingerprint density at radius 2 is 1.64 bits per heavy atom. The molecule has 1 nitrogen and oxygen atoms in total. The van der Waals surface area contributed by atoms with E-state index in [9.17, 15) is 0 Å². The zero-order valence-corrected chi connectivity index (χ0v) is 8.66. The molecule has 0 aliphatic heterocycles. The second kappa shape index (κ2) is 4.77. The maximum atomic E-state index is 2.29. The molecule has 0 spiro atoms. The Morgan fingerprint density at radius 1 is 0.929 bits per heavy atom. The van der Waals surface area contributed by atoms with Crippen molar-refractivity contribution >= 4 is 10.8 Å². The lowest BCUT2D eigenvalue weighted by molar-refractivity contribution is 0.924. The third-order valence-electron chi connectivity index (χ3n) is 2.35. The highest BCUT2D eigenvalue weighted by molar-refractivity contribution is 5.82. The molecule has 3 N–H and O–H groups in total. The van der Waals surface area contributed by atoms with Gasteiger partial charge in [0.1, 0.15) is 0 Å². The minimum Gasteiger partial charge on any atom is -0.344 e. The summed E-state index contributed by atoms with van der Waals surface area (Å²) in [5, 5.41) is 2.69. The quantitative estimate of drug-likeness (QED) is 0.759. The normalized spacial score (nSPS) is 9.79. The van der Waals surface area contributed by atoms with Crippen molar-refractivity contribution in [3.8, 4) is 0 Å². The molecule has 0 aliphatic rings. The molecule has 0 fully saturated rings. The highest BCUT2D eigenvalue weighted by Crippen LogP contribution is 2.16. The topological polar surface area (TPSA) is 35.0 Å². The van der Waals surface area contributed by atoms with Gasteiger partial charge in [0.15, 0.2) is 0 Å². The van der Waals surface area contributed by atoms with Crippen molar-refractivity contribution in [2.24, 2.45) is 0 Å². The molecule has 0 unspecified atom stereocenters. The summed E-state index contributed by atoms with van der Waals surface area (Å²) >= 11 is 0. The molecule has 2 aromatic rings. The number of rotatable bonds is 2. The highest BCUT2D eigenvalue weighted by Gasteiger charge is 1.93. The van der Waals surface area contributed by atoms with E-state index in [-0.39, 0.29) is 6.15 Å². The third-order valence-corrected chi connectivity index (χ3v) is 2.35. The van der Waals surface area contributed by atoms with Crippen LogP contribution in [-0.4, -0.2) is 0 Å². The van der Waals surface area contributed by atoms with Crippen molar-refractivity contribution in [1.29, 1.82) is 0 Å². The zero-order chi connectivity index (χ0) is 9.10. The Bertz CT molecular complexity index is 407. The Balaban J connectivity index is 0.000000980. The van der Waals surface area contributed by atoms with Gasteiger partial charge in [-0.3, -0.25) is 0 Å². The van der Waals surface area contributed by atoms with E-state index in [1.807, 2.05) is 0 Å². The molecule has 14 heavy (non-hydrogen) atoms. The molecular formula is C13H17N. The van der Waals surface area contributed by atoms with Gasteiger partial charge in [0, 0.05) is 0 Å². The monoisotopic (exact) mass is 187 g/mol. The first-order chi connectivity index (χ1) is 6.40. The van der Waals surface area contributed by atoms with Gasteiger partial charge in [-0.15, -0.1) is 0 Å². The molecule has 0 aromatic heterocycles. The molecule has 74 valence electrons. The number of benzene rings is 2. The molecule has 0 radical (unpaired) electrons. The number of fused-ring (bicyclic) bond motifs is 1. The summed E-state index contributed by atoms with van der Waals surface area (Å²) in [4.78, 5) is 0. The Hall–Kier alpha value is -1.34. The second-order valence-corrected chi connectivity index (χ2v) is 3.43. The van der Waals surface area contributed by atoms with Gasteiger partial charge in [-0.25, -0.2) is 0 Å². The molecule has 2 rings (SSSR count). The summed E-state index contributed by atoms with van der Waals surface area (Å²) in [6.07, 6.45) is 2.41. The van der Waals surface area contributed by atoms with Gasteiger partial charge in [0.25, 0.3) is 0 Å². The molecule has 0 saturated heterocycles. The van der Waals surface area contributed by atoms with E-state index in [4.69, 9.17) is 0 Å². The van der Waals surface area contributed by atoms with Crippen LogP contribution >= 0.6 is 0 Å². The van der Waals surface area contributed by atoms with Crippen LogP contribution in [0.2, 0.25) is 0 Å². The van der Waals surface area contributed by atoms with Crippen molar-refractivity contribution in [3.05, 3.63) is 48.0 Å². The lowest BCUT2D eigenvalue weighted by Gasteiger charge is -2.01. The van der Waals surface area contributed by atoms with Crippen LogP contribution in [-0.2, 0) is 6.42 Å².